The van der Waals surface area contributed by atoms with Crippen LogP contribution in [0.25, 0.3) is 0 Å². The Bertz CT molecular complexity index is 568. The number of hydrogen-bond donors (Lipinski definition) is 3. The minimum absolute atomic E-state index is 0.00525. The fourth-order valence-corrected chi connectivity index (χ4v) is 3.24. The maximum Gasteiger partial charge on any atom is 0.276 e. The Balaban J connectivity index is 1.93. The number of aromatic nitrogens is 2. The minimum Gasteiger partial charge on any atom is -0.391 e. The van der Waals surface area contributed by atoms with E-state index in [1.165, 1.54) is 19.3 Å². The molecule has 0 unspecified atom stereocenters. The largest absolute Gasteiger partial charge is 0.391 e. The first-order valence-electron chi connectivity index (χ1n) is 7.02. The number of amides is 1. The van der Waals surface area contributed by atoms with Crippen LogP contribution in [0.15, 0.2) is 9.95 Å². The summed E-state index contributed by atoms with van der Waals surface area (Å²) in [5, 5.41) is 0.317. The summed E-state index contributed by atoms with van der Waals surface area (Å²) < 4.78 is 0. The fraction of sp³-hybridized carbons (Fsp3) is 0.615. The molecule has 5 N–H and O–H groups in total. The van der Waals surface area contributed by atoms with E-state index in [9.17, 15) is 9.59 Å². The summed E-state index contributed by atoms with van der Waals surface area (Å²) in [4.78, 5) is 31.9. The van der Waals surface area contributed by atoms with Crippen molar-refractivity contribution in [2.24, 2.45) is 0 Å². The number of nitrogen functional groups attached to an aromatic ring is 2. The highest BCUT2D eigenvalue weighted by Crippen LogP contribution is 2.23. The van der Waals surface area contributed by atoms with Gasteiger partial charge in [-0.2, -0.15) is 0 Å². The normalized spacial score (nSPS) is 15.9. The molecule has 1 aliphatic rings. The molecule has 1 heterocycles. The summed E-state index contributed by atoms with van der Waals surface area (Å²) in [6.07, 6.45) is 5.74. The molecule has 7 nitrogen and oxygen atoms in total. The van der Waals surface area contributed by atoms with Gasteiger partial charge in [-0.15, -0.1) is 0 Å². The fourth-order valence-electron chi connectivity index (χ4n) is 2.45. The SMILES string of the molecule is CN(C(=O)CSc1nc(N)c(N)c(=O)[nH]1)C1CCCCC1. The molecule has 0 bridgehead atoms. The number of carbonyl (C=O) groups is 1. The second-order valence-corrected chi connectivity index (χ2v) is 6.22. The van der Waals surface area contributed by atoms with Crippen LogP contribution in [0, 0.1) is 0 Å². The van der Waals surface area contributed by atoms with Gasteiger partial charge in [-0.3, -0.25) is 14.6 Å². The summed E-state index contributed by atoms with van der Waals surface area (Å²) in [5.74, 6) is 0.249. The number of anilines is 2. The Labute approximate surface area is 127 Å². The van der Waals surface area contributed by atoms with Gasteiger partial charge in [0.1, 0.15) is 5.69 Å². The summed E-state index contributed by atoms with van der Waals surface area (Å²) >= 11 is 1.16. The maximum atomic E-state index is 12.2. The third-order valence-electron chi connectivity index (χ3n) is 3.81. The van der Waals surface area contributed by atoms with Gasteiger partial charge in [-0.05, 0) is 12.8 Å². The van der Waals surface area contributed by atoms with E-state index in [-0.39, 0.29) is 23.2 Å². The first kappa shape index (κ1) is 15.7. The standard InChI is InChI=1S/C13H21N5O2S/c1-18(8-5-3-2-4-6-8)9(19)7-21-13-16-11(15)10(14)12(20)17-13/h8H,2-7,14H2,1H3,(H3,15,16,17,20). The van der Waals surface area contributed by atoms with Crippen LogP contribution in [0.3, 0.4) is 0 Å². The van der Waals surface area contributed by atoms with Gasteiger partial charge < -0.3 is 16.4 Å². The highest BCUT2D eigenvalue weighted by molar-refractivity contribution is 7.99. The third-order valence-corrected chi connectivity index (χ3v) is 4.67. The smallest absolute Gasteiger partial charge is 0.276 e. The molecule has 0 saturated heterocycles. The molecule has 0 aliphatic heterocycles. The quantitative estimate of drug-likeness (QED) is 0.559. The zero-order chi connectivity index (χ0) is 15.4. The molecule has 1 amide bonds. The molecule has 1 fully saturated rings. The van der Waals surface area contributed by atoms with E-state index in [0.29, 0.717) is 11.2 Å². The lowest BCUT2D eigenvalue weighted by Gasteiger charge is -2.31. The van der Waals surface area contributed by atoms with E-state index >= 15 is 0 Å². The predicted octanol–water partition coefficient (Wildman–Crippen LogP) is 0.817. The third kappa shape index (κ3) is 3.90. The summed E-state index contributed by atoms with van der Waals surface area (Å²) in [6, 6.07) is 0.329. The summed E-state index contributed by atoms with van der Waals surface area (Å²) in [6.45, 7) is 0. The first-order chi connectivity index (χ1) is 9.99. The lowest BCUT2D eigenvalue weighted by atomic mass is 9.94. The van der Waals surface area contributed by atoms with Gasteiger partial charge in [0.25, 0.3) is 5.56 Å². The number of hydrogen-bond acceptors (Lipinski definition) is 6. The highest BCUT2D eigenvalue weighted by Gasteiger charge is 2.22. The molecule has 0 aromatic carbocycles. The van der Waals surface area contributed by atoms with Crippen LogP contribution >= 0.6 is 11.8 Å². The molecule has 21 heavy (non-hydrogen) atoms. The number of nitrogens with two attached hydrogens (primary N) is 2. The second kappa shape index (κ2) is 6.84. The van der Waals surface area contributed by atoms with Crippen molar-refractivity contribution in [2.75, 3.05) is 24.3 Å². The van der Waals surface area contributed by atoms with E-state index in [1.54, 1.807) is 0 Å². The maximum absolute atomic E-state index is 12.2. The second-order valence-electron chi connectivity index (χ2n) is 5.26. The average molecular weight is 311 g/mol. The molecule has 0 radical (unpaired) electrons. The lowest BCUT2D eigenvalue weighted by molar-refractivity contribution is -0.129. The summed E-state index contributed by atoms with van der Waals surface area (Å²) in [5.41, 5.74) is 10.4. The van der Waals surface area contributed by atoms with E-state index in [1.807, 2.05) is 11.9 Å². The van der Waals surface area contributed by atoms with Crippen LogP contribution in [0.5, 0.6) is 0 Å². The van der Waals surface area contributed by atoms with Crippen LogP contribution < -0.4 is 17.0 Å². The Morgan fingerprint density at radius 2 is 2.05 bits per heavy atom. The molecule has 1 aliphatic carbocycles. The Kier molecular flexibility index (Phi) is 5.11. The van der Waals surface area contributed by atoms with E-state index in [0.717, 1.165) is 24.6 Å². The molecule has 1 aromatic rings. The van der Waals surface area contributed by atoms with Crippen molar-refractivity contribution >= 4 is 29.2 Å². The number of nitrogens with one attached hydrogen (secondary N) is 1. The van der Waals surface area contributed by atoms with Gasteiger partial charge in [0.15, 0.2) is 11.0 Å². The first-order valence-corrected chi connectivity index (χ1v) is 8.01. The monoisotopic (exact) mass is 311 g/mol. The average Bonchev–Trinajstić information content (AvgIpc) is 2.50. The van der Waals surface area contributed by atoms with Gasteiger partial charge >= 0.3 is 0 Å². The van der Waals surface area contributed by atoms with Gasteiger partial charge in [-0.25, -0.2) is 4.98 Å². The molecular formula is C13H21N5O2S. The molecular weight excluding hydrogens is 290 g/mol. The Hall–Kier alpha value is -1.70. The van der Waals surface area contributed by atoms with E-state index in [4.69, 9.17) is 11.5 Å². The Morgan fingerprint density at radius 1 is 1.38 bits per heavy atom. The summed E-state index contributed by atoms with van der Waals surface area (Å²) in [7, 11) is 1.84. The number of carbonyl (C=O) groups excluding carboxylic acids is 1. The van der Waals surface area contributed by atoms with Crippen LogP contribution in [0.1, 0.15) is 32.1 Å². The molecule has 8 heteroatoms. The number of aromatic amines is 1. The van der Waals surface area contributed by atoms with Crippen LogP contribution in [-0.2, 0) is 4.79 Å². The Morgan fingerprint density at radius 3 is 2.67 bits per heavy atom. The van der Waals surface area contributed by atoms with Crippen LogP contribution in [0.4, 0.5) is 11.5 Å². The zero-order valence-corrected chi connectivity index (χ0v) is 12.9. The lowest BCUT2D eigenvalue weighted by Crippen LogP contribution is -2.39. The predicted molar refractivity (Wildman–Crippen MR) is 84.0 cm³/mol. The molecule has 0 atom stereocenters. The van der Waals surface area contributed by atoms with Crippen molar-refractivity contribution in [1.82, 2.24) is 14.9 Å². The van der Waals surface area contributed by atoms with Gasteiger partial charge in [-0.1, -0.05) is 31.0 Å². The number of nitrogens with zero attached hydrogens (tertiary/aromatic N) is 2. The van der Waals surface area contributed by atoms with Crippen LogP contribution in [-0.4, -0.2) is 39.6 Å². The van der Waals surface area contributed by atoms with Crippen LogP contribution in [0.2, 0.25) is 0 Å². The molecule has 1 aromatic heterocycles. The minimum atomic E-state index is -0.474. The van der Waals surface area contributed by atoms with Crippen molar-refractivity contribution in [3.8, 4) is 0 Å². The van der Waals surface area contributed by atoms with Crippen molar-refractivity contribution in [2.45, 2.75) is 43.3 Å². The molecule has 0 spiro atoms. The van der Waals surface area contributed by atoms with Gasteiger partial charge in [0.2, 0.25) is 5.91 Å². The van der Waals surface area contributed by atoms with Crippen molar-refractivity contribution in [3.63, 3.8) is 0 Å². The molecule has 2 rings (SSSR count). The topological polar surface area (TPSA) is 118 Å². The van der Waals surface area contributed by atoms with Gasteiger partial charge in [0.05, 0.1) is 5.75 Å². The zero-order valence-electron chi connectivity index (χ0n) is 12.1. The highest BCUT2D eigenvalue weighted by atomic mass is 32.2. The number of H-pyrrole nitrogens is 1. The molecule has 116 valence electrons. The van der Waals surface area contributed by atoms with Gasteiger partial charge in [0, 0.05) is 13.1 Å². The van der Waals surface area contributed by atoms with Crippen molar-refractivity contribution < 1.29 is 4.79 Å². The van der Waals surface area contributed by atoms with E-state index < -0.39 is 5.56 Å². The van der Waals surface area contributed by atoms with E-state index in [2.05, 4.69) is 9.97 Å². The number of thioether (sulfide) groups is 1. The van der Waals surface area contributed by atoms with Crippen molar-refractivity contribution in [1.29, 1.82) is 0 Å². The number of rotatable bonds is 4. The van der Waals surface area contributed by atoms with Crippen molar-refractivity contribution in [3.05, 3.63) is 10.4 Å². The molecule has 1 saturated carbocycles.